The molecular weight excluding hydrogens is 268 g/mol. The highest BCUT2D eigenvalue weighted by molar-refractivity contribution is 4.87. The molecule has 0 bridgehead atoms. The highest BCUT2D eigenvalue weighted by Gasteiger charge is 2.32. The number of hydrogen-bond donors (Lipinski definition) is 2. The fourth-order valence-corrected chi connectivity index (χ4v) is 3.28. The Bertz CT molecular complexity index is 310. The molecule has 0 fully saturated rings. The van der Waals surface area contributed by atoms with Crippen LogP contribution in [0.3, 0.4) is 0 Å². The summed E-state index contributed by atoms with van der Waals surface area (Å²) < 4.78 is 0. The molecule has 134 valence electrons. The molecule has 0 rings (SSSR count). The smallest absolute Gasteiger partial charge is 0.00952 e. The van der Waals surface area contributed by atoms with Crippen molar-refractivity contribution in [1.82, 2.24) is 0 Å². The van der Waals surface area contributed by atoms with Crippen LogP contribution in [0.2, 0.25) is 0 Å². The van der Waals surface area contributed by atoms with E-state index in [0.717, 1.165) is 19.3 Å². The summed E-state index contributed by atoms with van der Waals surface area (Å²) in [6, 6.07) is 0.578. The topological polar surface area (TPSA) is 52.0 Å². The van der Waals surface area contributed by atoms with Gasteiger partial charge < -0.3 is 11.5 Å². The van der Waals surface area contributed by atoms with Gasteiger partial charge in [0, 0.05) is 12.1 Å². The molecule has 0 aliphatic heterocycles. The van der Waals surface area contributed by atoms with Crippen molar-refractivity contribution in [1.29, 1.82) is 0 Å². The van der Waals surface area contributed by atoms with Crippen molar-refractivity contribution in [2.45, 2.75) is 107 Å². The summed E-state index contributed by atoms with van der Waals surface area (Å²) in [7, 11) is 0. The molecule has 2 atom stereocenters. The van der Waals surface area contributed by atoms with Gasteiger partial charge in [0.25, 0.3) is 0 Å². The molecule has 0 aliphatic carbocycles. The van der Waals surface area contributed by atoms with E-state index in [1.54, 1.807) is 0 Å². The average molecular weight is 313 g/mol. The van der Waals surface area contributed by atoms with Gasteiger partial charge >= 0.3 is 0 Å². The van der Waals surface area contributed by atoms with Gasteiger partial charge in [0.1, 0.15) is 0 Å². The van der Waals surface area contributed by atoms with Crippen LogP contribution in [0.5, 0.6) is 0 Å². The zero-order chi connectivity index (χ0) is 17.8. The van der Waals surface area contributed by atoms with Crippen LogP contribution in [0.1, 0.15) is 94.4 Å². The van der Waals surface area contributed by atoms with E-state index < -0.39 is 0 Å². The molecule has 0 aliphatic rings. The summed E-state index contributed by atoms with van der Waals surface area (Å²) in [5, 5.41) is 0. The van der Waals surface area contributed by atoms with Crippen molar-refractivity contribution >= 4 is 0 Å². The van der Waals surface area contributed by atoms with Gasteiger partial charge in [-0.1, -0.05) is 62.3 Å². The van der Waals surface area contributed by atoms with Gasteiger partial charge in [-0.2, -0.15) is 0 Å². The van der Waals surface area contributed by atoms with Gasteiger partial charge in [0.05, 0.1) is 0 Å². The molecule has 2 heteroatoms. The lowest BCUT2D eigenvalue weighted by molar-refractivity contribution is 0.159. The number of rotatable bonds is 9. The third-order valence-corrected chi connectivity index (χ3v) is 4.87. The van der Waals surface area contributed by atoms with Crippen molar-refractivity contribution in [2.75, 3.05) is 0 Å². The summed E-state index contributed by atoms with van der Waals surface area (Å²) in [6.07, 6.45) is 5.68. The molecule has 0 heterocycles. The van der Waals surface area contributed by atoms with Crippen LogP contribution in [0.4, 0.5) is 0 Å². The summed E-state index contributed by atoms with van der Waals surface area (Å²) in [4.78, 5) is 0. The van der Waals surface area contributed by atoms with Crippen molar-refractivity contribution < 1.29 is 0 Å². The van der Waals surface area contributed by atoms with Crippen LogP contribution in [0, 0.1) is 22.2 Å². The minimum Gasteiger partial charge on any atom is -0.328 e. The molecule has 0 saturated heterocycles. The van der Waals surface area contributed by atoms with E-state index in [0.29, 0.717) is 22.8 Å². The van der Waals surface area contributed by atoms with Crippen LogP contribution in [-0.2, 0) is 0 Å². The van der Waals surface area contributed by atoms with Gasteiger partial charge in [-0.15, -0.1) is 0 Å². The zero-order valence-electron chi connectivity index (χ0n) is 16.9. The minimum absolute atomic E-state index is 0.187. The van der Waals surface area contributed by atoms with Crippen LogP contribution in [0.25, 0.3) is 0 Å². The SMILES string of the molecule is CC(C)C[C@H](N)CC(C)(C)CCC(C)(C)[C@H](N)CC(C)(C)C. The molecule has 0 unspecified atom stereocenters. The molecule has 0 spiro atoms. The summed E-state index contributed by atoms with van der Waals surface area (Å²) in [5.41, 5.74) is 13.6. The molecule has 0 radical (unpaired) electrons. The zero-order valence-corrected chi connectivity index (χ0v) is 16.9. The van der Waals surface area contributed by atoms with Crippen LogP contribution in [0.15, 0.2) is 0 Å². The molecule has 0 saturated carbocycles. The van der Waals surface area contributed by atoms with Crippen molar-refractivity contribution in [2.24, 2.45) is 33.6 Å². The molecule has 22 heavy (non-hydrogen) atoms. The maximum atomic E-state index is 6.51. The second-order valence-corrected chi connectivity index (χ2v) is 10.6. The van der Waals surface area contributed by atoms with Gasteiger partial charge in [-0.3, -0.25) is 0 Å². The van der Waals surface area contributed by atoms with Crippen LogP contribution in [-0.4, -0.2) is 12.1 Å². The van der Waals surface area contributed by atoms with Crippen LogP contribution < -0.4 is 11.5 Å². The first-order valence-corrected chi connectivity index (χ1v) is 9.16. The van der Waals surface area contributed by atoms with E-state index in [1.165, 1.54) is 12.8 Å². The molecule has 2 nitrogen and oxygen atoms in total. The fourth-order valence-electron chi connectivity index (χ4n) is 3.28. The Balaban J connectivity index is 4.49. The minimum atomic E-state index is 0.187. The molecule has 0 amide bonds. The Morgan fingerprint density at radius 1 is 0.773 bits per heavy atom. The van der Waals surface area contributed by atoms with E-state index in [1.807, 2.05) is 0 Å². The summed E-state index contributed by atoms with van der Waals surface area (Å²) >= 11 is 0. The second-order valence-electron chi connectivity index (χ2n) is 10.6. The fraction of sp³-hybridized carbons (Fsp3) is 1.00. The van der Waals surface area contributed by atoms with Crippen molar-refractivity contribution in [3.8, 4) is 0 Å². The molecule has 0 aromatic rings. The maximum Gasteiger partial charge on any atom is 0.00952 e. The Hall–Kier alpha value is -0.0800. The van der Waals surface area contributed by atoms with Gasteiger partial charge in [0.15, 0.2) is 0 Å². The Labute approximate surface area is 140 Å². The first kappa shape index (κ1) is 21.9. The second kappa shape index (κ2) is 8.15. The lowest BCUT2D eigenvalue weighted by Gasteiger charge is -2.38. The first-order valence-electron chi connectivity index (χ1n) is 9.16. The normalized spacial score (nSPS) is 16.9. The third kappa shape index (κ3) is 9.84. The van der Waals surface area contributed by atoms with Gasteiger partial charge in [-0.05, 0) is 54.3 Å². The Morgan fingerprint density at radius 2 is 1.27 bits per heavy atom. The highest BCUT2D eigenvalue weighted by atomic mass is 14.7. The van der Waals surface area contributed by atoms with E-state index >= 15 is 0 Å². The molecule has 4 N–H and O–H groups in total. The lowest BCUT2D eigenvalue weighted by atomic mass is 9.70. The van der Waals surface area contributed by atoms with Crippen molar-refractivity contribution in [3.63, 3.8) is 0 Å². The lowest BCUT2D eigenvalue weighted by Crippen LogP contribution is -2.41. The summed E-state index contributed by atoms with van der Waals surface area (Å²) in [5.74, 6) is 0.683. The maximum absolute atomic E-state index is 6.51. The van der Waals surface area contributed by atoms with E-state index in [-0.39, 0.29) is 11.5 Å². The van der Waals surface area contributed by atoms with Gasteiger partial charge in [0.2, 0.25) is 0 Å². The number of nitrogens with two attached hydrogens (primary N) is 2. The monoisotopic (exact) mass is 312 g/mol. The van der Waals surface area contributed by atoms with E-state index in [2.05, 4.69) is 62.3 Å². The highest BCUT2D eigenvalue weighted by Crippen LogP contribution is 2.38. The molecule has 0 aromatic heterocycles. The quantitative estimate of drug-likeness (QED) is 0.603. The predicted molar refractivity (Wildman–Crippen MR) is 101 cm³/mol. The Morgan fingerprint density at radius 3 is 1.68 bits per heavy atom. The van der Waals surface area contributed by atoms with Crippen LogP contribution >= 0.6 is 0 Å². The Kier molecular flexibility index (Phi) is 8.12. The van der Waals surface area contributed by atoms with Gasteiger partial charge in [-0.25, -0.2) is 0 Å². The van der Waals surface area contributed by atoms with E-state index in [9.17, 15) is 0 Å². The first-order chi connectivity index (χ1) is 9.65. The number of hydrogen-bond acceptors (Lipinski definition) is 2. The summed E-state index contributed by atoms with van der Waals surface area (Å²) in [6.45, 7) is 20.7. The standard InChI is InChI=1S/C20H44N2/c1-15(2)12-16(21)13-19(6,7)10-11-20(8,9)17(22)14-18(3,4)5/h15-17H,10-14,21-22H2,1-9H3/t16-,17+/m0/s1. The van der Waals surface area contributed by atoms with E-state index in [4.69, 9.17) is 11.5 Å². The predicted octanol–water partition coefficient (Wildman–Crippen LogP) is 5.35. The third-order valence-electron chi connectivity index (χ3n) is 4.87. The largest absolute Gasteiger partial charge is 0.328 e. The molecule has 0 aromatic carbocycles. The molecular formula is C20H44N2. The average Bonchev–Trinajstić information content (AvgIpc) is 2.22. The van der Waals surface area contributed by atoms with Crippen molar-refractivity contribution in [3.05, 3.63) is 0 Å².